The van der Waals surface area contributed by atoms with E-state index in [1.165, 1.54) is 19.2 Å². The molecule has 0 aromatic heterocycles. The van der Waals surface area contributed by atoms with Gasteiger partial charge >= 0.3 is 6.18 Å². The van der Waals surface area contributed by atoms with Crippen molar-refractivity contribution in [3.8, 4) is 5.75 Å². The number of methoxy groups -OCH3 is 1. The van der Waals surface area contributed by atoms with Gasteiger partial charge in [0, 0.05) is 12.7 Å². The van der Waals surface area contributed by atoms with Crippen LogP contribution in [0, 0.1) is 0 Å². The van der Waals surface area contributed by atoms with Crippen molar-refractivity contribution >= 4 is 15.7 Å². The Kier molecular flexibility index (Phi) is 4.31. The summed E-state index contributed by atoms with van der Waals surface area (Å²) in [6.45, 7) is -1.59. The summed E-state index contributed by atoms with van der Waals surface area (Å²) in [5, 5.41) is 0. The fourth-order valence-electron chi connectivity index (χ4n) is 1.40. The van der Waals surface area contributed by atoms with Gasteiger partial charge in [-0.15, -0.1) is 0 Å². The quantitative estimate of drug-likeness (QED) is 0.854. The van der Waals surface area contributed by atoms with E-state index in [-0.39, 0.29) is 15.7 Å². The molecule has 19 heavy (non-hydrogen) atoms. The standard InChI is InChI=1S/C10H13F3N2O3S/c1-15(6-10(11,12)13)19(16,17)9-5-7(14)3-4-8(9)18-2/h3-5H,6,14H2,1-2H3. The molecule has 0 aliphatic carbocycles. The molecule has 0 spiro atoms. The fraction of sp³-hybridized carbons (Fsp3) is 0.400. The fourth-order valence-corrected chi connectivity index (χ4v) is 2.74. The smallest absolute Gasteiger partial charge is 0.402 e. The molecule has 1 aromatic carbocycles. The van der Waals surface area contributed by atoms with Crippen LogP contribution in [0.1, 0.15) is 0 Å². The highest BCUT2D eigenvalue weighted by Gasteiger charge is 2.35. The summed E-state index contributed by atoms with van der Waals surface area (Å²) in [6, 6.07) is 3.73. The Morgan fingerprint density at radius 2 is 1.95 bits per heavy atom. The molecule has 0 saturated carbocycles. The molecule has 0 amide bonds. The van der Waals surface area contributed by atoms with E-state index in [9.17, 15) is 21.6 Å². The highest BCUT2D eigenvalue weighted by atomic mass is 32.2. The Labute approximate surface area is 108 Å². The van der Waals surface area contributed by atoms with Crippen molar-refractivity contribution in [3.05, 3.63) is 18.2 Å². The van der Waals surface area contributed by atoms with Gasteiger partial charge in [0.05, 0.1) is 7.11 Å². The monoisotopic (exact) mass is 298 g/mol. The van der Waals surface area contributed by atoms with Crippen molar-refractivity contribution in [1.82, 2.24) is 4.31 Å². The maximum Gasteiger partial charge on any atom is 0.402 e. The predicted molar refractivity (Wildman–Crippen MR) is 63.3 cm³/mol. The first-order valence-corrected chi connectivity index (χ1v) is 6.48. The Morgan fingerprint density at radius 1 is 1.37 bits per heavy atom. The third kappa shape index (κ3) is 3.74. The molecule has 5 nitrogen and oxygen atoms in total. The number of nitrogen functional groups attached to an aromatic ring is 1. The largest absolute Gasteiger partial charge is 0.495 e. The van der Waals surface area contributed by atoms with Crippen LogP contribution in [0.3, 0.4) is 0 Å². The van der Waals surface area contributed by atoms with Crippen molar-refractivity contribution in [2.45, 2.75) is 11.1 Å². The molecule has 0 fully saturated rings. The van der Waals surface area contributed by atoms with Gasteiger partial charge in [-0.25, -0.2) is 8.42 Å². The predicted octanol–water partition coefficient (Wildman–Crippen LogP) is 1.46. The Hall–Kier alpha value is -1.48. The maximum atomic E-state index is 12.3. The average Bonchev–Trinajstić information content (AvgIpc) is 2.26. The summed E-state index contributed by atoms with van der Waals surface area (Å²) in [5.74, 6) is -0.0665. The maximum absolute atomic E-state index is 12.3. The second-order valence-corrected chi connectivity index (χ2v) is 5.80. The molecule has 1 rings (SSSR count). The molecule has 0 saturated heterocycles. The van der Waals surface area contributed by atoms with Gasteiger partial charge in [-0.05, 0) is 18.2 Å². The Bertz CT molecular complexity index is 558. The SMILES string of the molecule is COc1ccc(N)cc1S(=O)(=O)N(C)CC(F)(F)F. The number of halogens is 3. The first-order chi connectivity index (χ1) is 8.58. The van der Waals surface area contributed by atoms with E-state index in [1.54, 1.807) is 0 Å². The van der Waals surface area contributed by atoms with E-state index in [0.29, 0.717) is 0 Å². The summed E-state index contributed by atoms with van der Waals surface area (Å²) >= 11 is 0. The van der Waals surface area contributed by atoms with Crippen LogP contribution in [0.5, 0.6) is 5.75 Å². The zero-order chi connectivity index (χ0) is 14.8. The number of nitrogens with two attached hydrogens (primary N) is 1. The van der Waals surface area contributed by atoms with E-state index in [0.717, 1.165) is 13.1 Å². The third-order valence-corrected chi connectivity index (χ3v) is 4.10. The van der Waals surface area contributed by atoms with Gasteiger partial charge in [-0.2, -0.15) is 17.5 Å². The van der Waals surface area contributed by atoms with Crippen LogP contribution in [0.4, 0.5) is 18.9 Å². The summed E-state index contributed by atoms with van der Waals surface area (Å²) in [4.78, 5) is -0.401. The van der Waals surface area contributed by atoms with Crippen LogP contribution in [0.15, 0.2) is 23.1 Å². The van der Waals surface area contributed by atoms with E-state index < -0.39 is 27.6 Å². The van der Waals surface area contributed by atoms with Gasteiger partial charge in [0.15, 0.2) is 0 Å². The minimum absolute atomic E-state index is 0.0665. The number of anilines is 1. The lowest BCUT2D eigenvalue weighted by Crippen LogP contribution is -2.36. The van der Waals surface area contributed by atoms with Gasteiger partial charge in [0.25, 0.3) is 0 Å². The van der Waals surface area contributed by atoms with Gasteiger partial charge in [0.1, 0.15) is 17.2 Å². The molecular weight excluding hydrogens is 285 g/mol. The summed E-state index contributed by atoms with van der Waals surface area (Å²) in [5.41, 5.74) is 5.56. The zero-order valence-corrected chi connectivity index (χ0v) is 11.0. The topological polar surface area (TPSA) is 72.6 Å². The molecule has 0 radical (unpaired) electrons. The van der Waals surface area contributed by atoms with Crippen LogP contribution < -0.4 is 10.5 Å². The molecule has 9 heteroatoms. The molecule has 0 heterocycles. The van der Waals surface area contributed by atoms with Crippen LogP contribution in [-0.2, 0) is 10.0 Å². The van der Waals surface area contributed by atoms with Gasteiger partial charge in [-0.1, -0.05) is 0 Å². The number of hydrogen-bond donors (Lipinski definition) is 1. The summed E-state index contributed by atoms with van der Waals surface area (Å²) in [7, 11) is -2.27. The van der Waals surface area contributed by atoms with E-state index in [2.05, 4.69) is 0 Å². The number of hydrogen-bond acceptors (Lipinski definition) is 4. The van der Waals surface area contributed by atoms with Gasteiger partial charge in [0.2, 0.25) is 10.0 Å². The molecular formula is C10H13F3N2O3S. The number of sulfonamides is 1. The number of ether oxygens (including phenoxy) is 1. The highest BCUT2D eigenvalue weighted by Crippen LogP contribution is 2.29. The lowest BCUT2D eigenvalue weighted by atomic mass is 10.3. The van der Waals surface area contributed by atoms with Crippen LogP contribution >= 0.6 is 0 Å². The highest BCUT2D eigenvalue weighted by molar-refractivity contribution is 7.89. The lowest BCUT2D eigenvalue weighted by molar-refractivity contribution is -0.134. The van der Waals surface area contributed by atoms with Crippen LogP contribution in [0.25, 0.3) is 0 Å². The molecule has 0 aliphatic rings. The summed E-state index contributed by atoms with van der Waals surface area (Å²) < 4.78 is 65.8. The normalized spacial score (nSPS) is 12.7. The van der Waals surface area contributed by atoms with Crippen molar-refractivity contribution in [1.29, 1.82) is 0 Å². The van der Waals surface area contributed by atoms with Crippen molar-refractivity contribution in [2.24, 2.45) is 0 Å². The first-order valence-electron chi connectivity index (χ1n) is 5.04. The van der Waals surface area contributed by atoms with E-state index in [1.807, 2.05) is 0 Å². The average molecular weight is 298 g/mol. The number of benzene rings is 1. The number of alkyl halides is 3. The molecule has 0 atom stereocenters. The molecule has 0 bridgehead atoms. The number of rotatable bonds is 4. The van der Waals surface area contributed by atoms with Crippen molar-refractivity contribution < 1.29 is 26.3 Å². The minimum Gasteiger partial charge on any atom is -0.495 e. The molecule has 1 aromatic rings. The van der Waals surface area contributed by atoms with Gasteiger partial charge < -0.3 is 10.5 Å². The van der Waals surface area contributed by atoms with Gasteiger partial charge in [-0.3, -0.25) is 0 Å². The Balaban J connectivity index is 3.23. The second-order valence-electron chi connectivity index (χ2n) is 3.79. The van der Waals surface area contributed by atoms with E-state index in [4.69, 9.17) is 10.5 Å². The van der Waals surface area contributed by atoms with Crippen molar-refractivity contribution in [2.75, 3.05) is 26.4 Å². The summed E-state index contributed by atoms with van der Waals surface area (Å²) in [6.07, 6.45) is -4.63. The lowest BCUT2D eigenvalue weighted by Gasteiger charge is -2.20. The molecule has 0 aliphatic heterocycles. The van der Waals surface area contributed by atoms with Crippen LogP contribution in [-0.4, -0.2) is 39.6 Å². The second kappa shape index (κ2) is 5.25. The third-order valence-electron chi connectivity index (χ3n) is 2.28. The molecule has 2 N–H and O–H groups in total. The Morgan fingerprint density at radius 3 is 2.42 bits per heavy atom. The number of nitrogens with zero attached hydrogens (tertiary/aromatic N) is 1. The van der Waals surface area contributed by atoms with Crippen LogP contribution in [0.2, 0.25) is 0 Å². The molecule has 0 unspecified atom stereocenters. The minimum atomic E-state index is -4.63. The van der Waals surface area contributed by atoms with E-state index >= 15 is 0 Å². The van der Waals surface area contributed by atoms with Crippen molar-refractivity contribution in [3.63, 3.8) is 0 Å². The zero-order valence-electron chi connectivity index (χ0n) is 10.2. The first kappa shape index (κ1) is 15.6. The molecule has 108 valence electrons.